The van der Waals surface area contributed by atoms with E-state index in [1.807, 2.05) is 36.4 Å². The predicted octanol–water partition coefficient (Wildman–Crippen LogP) is 3.49. The molecule has 116 valence electrons. The summed E-state index contributed by atoms with van der Waals surface area (Å²) in [5, 5.41) is 0. The summed E-state index contributed by atoms with van der Waals surface area (Å²) in [5.74, 6) is 0. The molecule has 0 saturated heterocycles. The van der Waals surface area contributed by atoms with Crippen LogP contribution in [-0.4, -0.2) is 25.6 Å². The van der Waals surface area contributed by atoms with Crippen molar-refractivity contribution >= 4 is 26.0 Å². The van der Waals surface area contributed by atoms with Gasteiger partial charge in [-0.1, -0.05) is 76.6 Å². The van der Waals surface area contributed by atoms with Gasteiger partial charge in [0.2, 0.25) is 0 Å². The third kappa shape index (κ3) is 2.73. The molecule has 0 aromatic heterocycles. The first kappa shape index (κ1) is 15.7. The predicted molar refractivity (Wildman–Crippen MR) is 90.7 cm³/mol. The van der Waals surface area contributed by atoms with Crippen LogP contribution in [0.4, 0.5) is 0 Å². The van der Waals surface area contributed by atoms with Gasteiger partial charge >= 0.3 is 0 Å². The first-order valence-corrected chi connectivity index (χ1v) is 9.63. The molecule has 0 radical (unpaired) electrons. The van der Waals surface area contributed by atoms with Gasteiger partial charge in [0.15, 0.2) is 0 Å². The summed E-state index contributed by atoms with van der Waals surface area (Å²) >= 11 is 3.75. The van der Waals surface area contributed by atoms with Gasteiger partial charge in [0, 0.05) is 5.41 Å². The lowest BCUT2D eigenvalue weighted by molar-refractivity contribution is 0.311. The van der Waals surface area contributed by atoms with E-state index < -0.39 is 14.4 Å². The lowest BCUT2D eigenvalue weighted by atomic mass is 9.86. The molecule has 0 spiro atoms. The van der Waals surface area contributed by atoms with Crippen molar-refractivity contribution in [1.82, 2.24) is 0 Å². The van der Waals surface area contributed by atoms with E-state index in [4.69, 9.17) is 4.18 Å². The maximum Gasteiger partial charge on any atom is 0.264 e. The van der Waals surface area contributed by atoms with Crippen molar-refractivity contribution in [3.8, 4) is 0 Å². The standard InChI is InChI=1S/C17H17BrO3S/c1-22(19,20)21-13-16(18)12-17(16,14-8-4-2-5-9-14)15-10-6-3-7-11-15/h2-11H,12-13H2,1H3. The first-order valence-electron chi connectivity index (χ1n) is 7.02. The first-order chi connectivity index (χ1) is 10.4. The third-order valence-corrected chi connectivity index (χ3v) is 5.95. The Kier molecular flexibility index (Phi) is 3.91. The molecule has 0 bridgehead atoms. The van der Waals surface area contributed by atoms with Crippen LogP contribution >= 0.6 is 15.9 Å². The number of benzene rings is 2. The molecule has 1 atom stereocenters. The minimum Gasteiger partial charge on any atom is -0.269 e. The summed E-state index contributed by atoms with van der Waals surface area (Å²) in [7, 11) is -3.46. The van der Waals surface area contributed by atoms with Gasteiger partial charge in [-0.15, -0.1) is 0 Å². The zero-order valence-corrected chi connectivity index (χ0v) is 14.6. The number of hydrogen-bond acceptors (Lipinski definition) is 3. The molecule has 0 aliphatic heterocycles. The normalized spacial score (nSPS) is 23.2. The molecule has 0 heterocycles. The van der Waals surface area contributed by atoms with Gasteiger partial charge in [-0.2, -0.15) is 8.42 Å². The van der Waals surface area contributed by atoms with Crippen LogP contribution in [0.15, 0.2) is 60.7 Å². The minimum absolute atomic E-state index is 0.121. The van der Waals surface area contributed by atoms with E-state index >= 15 is 0 Å². The Morgan fingerprint density at radius 1 is 1.00 bits per heavy atom. The van der Waals surface area contributed by atoms with Gasteiger partial charge in [0.1, 0.15) is 0 Å². The van der Waals surface area contributed by atoms with Crippen LogP contribution in [0, 0.1) is 0 Å². The Bertz CT molecular complexity index is 720. The lowest BCUT2D eigenvalue weighted by Crippen LogP contribution is -2.26. The zero-order valence-electron chi connectivity index (χ0n) is 12.2. The maximum absolute atomic E-state index is 11.3. The van der Waals surface area contributed by atoms with E-state index in [-0.39, 0.29) is 12.0 Å². The van der Waals surface area contributed by atoms with Crippen molar-refractivity contribution in [2.75, 3.05) is 12.9 Å². The lowest BCUT2D eigenvalue weighted by Gasteiger charge is -2.23. The number of hydrogen-bond donors (Lipinski definition) is 0. The summed E-state index contributed by atoms with van der Waals surface area (Å²) < 4.78 is 27.4. The second-order valence-electron chi connectivity index (χ2n) is 5.75. The fraction of sp³-hybridized carbons (Fsp3) is 0.294. The summed E-state index contributed by atoms with van der Waals surface area (Å²) in [6.07, 6.45) is 1.88. The topological polar surface area (TPSA) is 43.4 Å². The van der Waals surface area contributed by atoms with Crippen molar-refractivity contribution in [2.45, 2.75) is 16.2 Å². The average molecular weight is 381 g/mol. The summed E-state index contributed by atoms with van der Waals surface area (Å²) in [6, 6.07) is 20.3. The maximum atomic E-state index is 11.3. The fourth-order valence-corrected chi connectivity index (χ4v) is 4.64. The van der Waals surface area contributed by atoms with E-state index in [9.17, 15) is 8.42 Å². The highest BCUT2D eigenvalue weighted by atomic mass is 79.9. The molecule has 22 heavy (non-hydrogen) atoms. The fourth-order valence-electron chi connectivity index (χ4n) is 3.08. The van der Waals surface area contributed by atoms with E-state index in [0.717, 1.165) is 23.8 Å². The number of alkyl halides is 1. The highest BCUT2D eigenvalue weighted by Crippen LogP contribution is 2.66. The largest absolute Gasteiger partial charge is 0.269 e. The Hall–Kier alpha value is -1.17. The molecular weight excluding hydrogens is 364 g/mol. The molecule has 1 unspecified atom stereocenters. The van der Waals surface area contributed by atoms with Gasteiger partial charge in [-0.3, -0.25) is 4.18 Å². The van der Waals surface area contributed by atoms with E-state index in [1.54, 1.807) is 0 Å². The van der Waals surface area contributed by atoms with Crippen molar-refractivity contribution in [2.24, 2.45) is 0 Å². The van der Waals surface area contributed by atoms with Crippen LogP contribution < -0.4 is 0 Å². The monoisotopic (exact) mass is 380 g/mol. The number of halogens is 1. The molecular formula is C17H17BrO3S. The molecule has 5 heteroatoms. The van der Waals surface area contributed by atoms with Crippen molar-refractivity contribution in [1.29, 1.82) is 0 Å². The minimum atomic E-state index is -3.46. The Labute approximate surface area is 139 Å². The quantitative estimate of drug-likeness (QED) is 0.588. The summed E-state index contributed by atoms with van der Waals surface area (Å²) in [4.78, 5) is 0. The van der Waals surface area contributed by atoms with Crippen LogP contribution in [0.25, 0.3) is 0 Å². The van der Waals surface area contributed by atoms with Crippen molar-refractivity contribution < 1.29 is 12.6 Å². The van der Waals surface area contributed by atoms with Gasteiger partial charge in [-0.05, 0) is 17.5 Å². The van der Waals surface area contributed by atoms with E-state index in [1.165, 1.54) is 0 Å². The molecule has 1 aliphatic rings. The molecule has 1 saturated carbocycles. The Morgan fingerprint density at radius 2 is 1.45 bits per heavy atom. The van der Waals surface area contributed by atoms with Crippen LogP contribution in [0.2, 0.25) is 0 Å². The second kappa shape index (κ2) is 5.48. The molecule has 2 aromatic rings. The Balaban J connectivity index is 2.01. The van der Waals surface area contributed by atoms with Crippen LogP contribution in [-0.2, 0) is 19.7 Å². The SMILES string of the molecule is CS(=O)(=O)OCC1(Br)CC1(c1ccccc1)c1ccccc1. The smallest absolute Gasteiger partial charge is 0.264 e. The summed E-state index contributed by atoms with van der Waals surface area (Å²) in [5.41, 5.74) is 2.06. The second-order valence-corrected chi connectivity index (χ2v) is 8.91. The van der Waals surface area contributed by atoms with Crippen LogP contribution in [0.1, 0.15) is 17.5 Å². The van der Waals surface area contributed by atoms with Gasteiger partial charge in [0.05, 0.1) is 17.2 Å². The molecule has 0 N–H and O–H groups in total. The molecule has 3 nitrogen and oxygen atoms in total. The molecule has 1 aliphatic carbocycles. The summed E-state index contributed by atoms with van der Waals surface area (Å²) in [6.45, 7) is 0.121. The van der Waals surface area contributed by atoms with Gasteiger partial charge in [0.25, 0.3) is 10.1 Å². The molecule has 1 fully saturated rings. The van der Waals surface area contributed by atoms with E-state index in [0.29, 0.717) is 0 Å². The third-order valence-electron chi connectivity index (χ3n) is 4.22. The van der Waals surface area contributed by atoms with Crippen molar-refractivity contribution in [3.05, 3.63) is 71.8 Å². The van der Waals surface area contributed by atoms with Gasteiger partial charge in [-0.25, -0.2) is 0 Å². The number of rotatable bonds is 5. The van der Waals surface area contributed by atoms with E-state index in [2.05, 4.69) is 40.2 Å². The molecule has 0 amide bonds. The highest BCUT2D eigenvalue weighted by Gasteiger charge is 2.68. The van der Waals surface area contributed by atoms with Crippen molar-refractivity contribution in [3.63, 3.8) is 0 Å². The van der Waals surface area contributed by atoms with Crippen LogP contribution in [0.3, 0.4) is 0 Å². The van der Waals surface area contributed by atoms with Gasteiger partial charge < -0.3 is 0 Å². The zero-order chi connectivity index (χ0) is 15.8. The van der Waals surface area contributed by atoms with Crippen LogP contribution in [0.5, 0.6) is 0 Å². The average Bonchev–Trinajstić information content (AvgIpc) is 3.15. The Morgan fingerprint density at radius 3 is 1.86 bits per heavy atom. The molecule has 3 rings (SSSR count). The highest BCUT2D eigenvalue weighted by molar-refractivity contribution is 9.10. The molecule has 2 aromatic carbocycles.